The Morgan fingerprint density at radius 1 is 1.15 bits per heavy atom. The summed E-state index contributed by atoms with van der Waals surface area (Å²) in [4.78, 5) is 16.5. The van der Waals surface area contributed by atoms with E-state index >= 15 is 0 Å². The summed E-state index contributed by atoms with van der Waals surface area (Å²) < 4.78 is 28.7. The number of ketones is 1. The van der Waals surface area contributed by atoms with E-state index in [1.807, 2.05) is 24.4 Å². The maximum atomic E-state index is 12.2. The van der Waals surface area contributed by atoms with Crippen molar-refractivity contribution in [2.75, 3.05) is 5.32 Å². The molecule has 0 atom stereocenters. The minimum atomic E-state index is -2.85. The zero-order valence-electron chi connectivity index (χ0n) is 14.4. The second-order valence-electron chi connectivity index (χ2n) is 5.65. The molecular formula is C20H16F2N2O2S. The number of anilines is 1. The molecule has 0 aliphatic carbocycles. The van der Waals surface area contributed by atoms with Gasteiger partial charge in [-0.25, -0.2) is 4.98 Å². The summed E-state index contributed by atoms with van der Waals surface area (Å²) in [5.74, 6) is -0.00576. The lowest BCUT2D eigenvalue weighted by atomic mass is 10.1. The summed E-state index contributed by atoms with van der Waals surface area (Å²) >= 11 is 1.37. The number of nitrogens with zero attached hydrogens (tertiary/aromatic N) is 1. The van der Waals surface area contributed by atoms with Crippen LogP contribution in [0.15, 0.2) is 66.2 Å². The van der Waals surface area contributed by atoms with Crippen LogP contribution in [0.3, 0.4) is 0 Å². The molecule has 0 fully saturated rings. The molecule has 3 rings (SSSR count). The molecule has 3 aromatic rings. The van der Waals surface area contributed by atoms with E-state index in [0.29, 0.717) is 16.4 Å². The molecule has 1 heterocycles. The number of aryl methyl sites for hydroxylation is 1. The van der Waals surface area contributed by atoms with Crippen molar-refractivity contribution in [1.29, 1.82) is 0 Å². The number of halogens is 2. The fourth-order valence-electron chi connectivity index (χ4n) is 2.28. The summed E-state index contributed by atoms with van der Waals surface area (Å²) in [7, 11) is 0. The number of hydrogen-bond donors (Lipinski definition) is 1. The van der Waals surface area contributed by atoms with E-state index in [2.05, 4.69) is 15.0 Å². The second kappa shape index (κ2) is 8.55. The first kappa shape index (κ1) is 18.7. The summed E-state index contributed by atoms with van der Waals surface area (Å²) in [5.41, 5.74) is 3.19. The zero-order chi connectivity index (χ0) is 19.2. The van der Waals surface area contributed by atoms with Crippen molar-refractivity contribution < 1.29 is 18.3 Å². The lowest BCUT2D eigenvalue weighted by Crippen LogP contribution is -2.01. The monoisotopic (exact) mass is 386 g/mol. The molecule has 0 aliphatic heterocycles. The Kier molecular flexibility index (Phi) is 5.93. The molecule has 4 nitrogen and oxygen atoms in total. The number of aromatic nitrogens is 1. The van der Waals surface area contributed by atoms with Gasteiger partial charge in [0.1, 0.15) is 5.75 Å². The summed E-state index contributed by atoms with van der Waals surface area (Å²) in [6, 6.07) is 13.6. The number of carbonyl (C=O) groups excluding carboxylic acids is 1. The van der Waals surface area contributed by atoms with Crippen LogP contribution in [0, 0.1) is 6.92 Å². The number of carbonyl (C=O) groups is 1. The average molecular weight is 386 g/mol. The van der Waals surface area contributed by atoms with Gasteiger partial charge in [-0.15, -0.1) is 11.3 Å². The van der Waals surface area contributed by atoms with Gasteiger partial charge in [-0.1, -0.05) is 29.8 Å². The average Bonchev–Trinajstić information content (AvgIpc) is 3.11. The highest BCUT2D eigenvalue weighted by Gasteiger charge is 2.07. The summed E-state index contributed by atoms with van der Waals surface area (Å²) in [5, 5.41) is 5.42. The van der Waals surface area contributed by atoms with Gasteiger partial charge in [0.25, 0.3) is 0 Å². The number of allylic oxidation sites excluding steroid dienone is 1. The molecule has 0 amide bonds. The van der Waals surface area contributed by atoms with Crippen LogP contribution < -0.4 is 10.1 Å². The largest absolute Gasteiger partial charge is 0.435 e. The van der Waals surface area contributed by atoms with Crippen LogP contribution in [0.2, 0.25) is 0 Å². The van der Waals surface area contributed by atoms with Crippen LogP contribution in [0.5, 0.6) is 5.75 Å². The van der Waals surface area contributed by atoms with E-state index in [9.17, 15) is 13.6 Å². The third-order valence-corrected chi connectivity index (χ3v) is 4.43. The Labute approximate surface area is 159 Å². The molecule has 0 saturated carbocycles. The molecule has 138 valence electrons. The van der Waals surface area contributed by atoms with E-state index in [0.717, 1.165) is 11.1 Å². The van der Waals surface area contributed by atoms with Crippen molar-refractivity contribution in [3.8, 4) is 17.0 Å². The fraction of sp³-hybridized carbons (Fsp3) is 0.100. The van der Waals surface area contributed by atoms with E-state index < -0.39 is 6.61 Å². The number of rotatable bonds is 7. The number of ether oxygens (including phenoxy) is 1. The minimum Gasteiger partial charge on any atom is -0.435 e. The van der Waals surface area contributed by atoms with Crippen molar-refractivity contribution >= 4 is 22.3 Å². The molecule has 2 aromatic carbocycles. The minimum absolute atomic E-state index is 0.0971. The fourth-order valence-corrected chi connectivity index (χ4v) is 2.98. The van der Waals surface area contributed by atoms with Crippen molar-refractivity contribution in [3.63, 3.8) is 0 Å². The highest BCUT2D eigenvalue weighted by molar-refractivity contribution is 7.14. The SMILES string of the molecule is Cc1ccc(C(=O)/C=C\Nc2nc(-c3ccc(OC(F)F)cc3)cs2)cc1. The Morgan fingerprint density at radius 3 is 2.52 bits per heavy atom. The molecule has 0 saturated heterocycles. The van der Waals surface area contributed by atoms with Crippen molar-refractivity contribution in [1.82, 2.24) is 4.98 Å². The highest BCUT2D eigenvalue weighted by atomic mass is 32.1. The maximum Gasteiger partial charge on any atom is 0.387 e. The molecule has 27 heavy (non-hydrogen) atoms. The standard InChI is InChI=1S/C20H16F2N2O2S/c1-13-2-4-15(5-3-13)18(25)10-11-23-20-24-17(12-27-20)14-6-8-16(9-7-14)26-19(21)22/h2-12,19H,1H3,(H,23,24)/b11-10-. The molecule has 1 N–H and O–H groups in total. The summed E-state index contributed by atoms with van der Waals surface area (Å²) in [6.07, 6.45) is 2.99. The van der Waals surface area contributed by atoms with Crippen LogP contribution >= 0.6 is 11.3 Å². The van der Waals surface area contributed by atoms with Crippen LogP contribution in [-0.4, -0.2) is 17.4 Å². The molecule has 1 aromatic heterocycles. The lowest BCUT2D eigenvalue weighted by Gasteiger charge is -2.04. The molecule has 0 unspecified atom stereocenters. The zero-order valence-corrected chi connectivity index (χ0v) is 15.2. The first-order valence-electron chi connectivity index (χ1n) is 8.06. The number of alkyl halides is 2. The second-order valence-corrected chi connectivity index (χ2v) is 6.51. The Balaban J connectivity index is 1.60. The number of hydrogen-bond acceptors (Lipinski definition) is 5. The van der Waals surface area contributed by atoms with Gasteiger partial charge in [-0.3, -0.25) is 4.79 Å². The third-order valence-electron chi connectivity index (χ3n) is 3.66. The van der Waals surface area contributed by atoms with Gasteiger partial charge in [0.15, 0.2) is 10.9 Å². The van der Waals surface area contributed by atoms with Gasteiger partial charge in [-0.2, -0.15) is 8.78 Å². The molecule has 0 aliphatic rings. The predicted molar refractivity (Wildman–Crippen MR) is 102 cm³/mol. The highest BCUT2D eigenvalue weighted by Crippen LogP contribution is 2.27. The number of benzene rings is 2. The molecule has 0 radical (unpaired) electrons. The first-order chi connectivity index (χ1) is 13.0. The third kappa shape index (κ3) is 5.21. The number of thiazole rings is 1. The van der Waals surface area contributed by atoms with E-state index in [1.165, 1.54) is 29.5 Å². The number of nitrogens with one attached hydrogen (secondary N) is 1. The Bertz CT molecular complexity index is 935. The van der Waals surface area contributed by atoms with Gasteiger partial charge in [0.05, 0.1) is 5.69 Å². The molecule has 7 heteroatoms. The van der Waals surface area contributed by atoms with E-state index in [-0.39, 0.29) is 11.5 Å². The quantitative estimate of drug-likeness (QED) is 0.429. The van der Waals surface area contributed by atoms with Crippen molar-refractivity contribution in [2.45, 2.75) is 13.5 Å². The smallest absolute Gasteiger partial charge is 0.387 e. The lowest BCUT2D eigenvalue weighted by molar-refractivity contribution is -0.0498. The van der Waals surface area contributed by atoms with Crippen LogP contribution in [0.4, 0.5) is 13.9 Å². The van der Waals surface area contributed by atoms with Crippen LogP contribution in [-0.2, 0) is 0 Å². The first-order valence-corrected chi connectivity index (χ1v) is 8.94. The molecule has 0 bridgehead atoms. The Morgan fingerprint density at radius 2 is 1.85 bits per heavy atom. The van der Waals surface area contributed by atoms with Gasteiger partial charge in [-0.05, 0) is 31.2 Å². The van der Waals surface area contributed by atoms with E-state index in [4.69, 9.17) is 0 Å². The van der Waals surface area contributed by atoms with Gasteiger partial charge in [0.2, 0.25) is 0 Å². The van der Waals surface area contributed by atoms with Gasteiger partial charge >= 0.3 is 6.61 Å². The molecule has 0 spiro atoms. The van der Waals surface area contributed by atoms with Gasteiger partial charge in [0, 0.05) is 28.8 Å². The van der Waals surface area contributed by atoms with Crippen LogP contribution in [0.1, 0.15) is 15.9 Å². The predicted octanol–water partition coefficient (Wildman–Crippen LogP) is 5.53. The van der Waals surface area contributed by atoms with Gasteiger partial charge < -0.3 is 10.1 Å². The summed E-state index contributed by atoms with van der Waals surface area (Å²) in [6.45, 7) is -0.884. The molecular weight excluding hydrogens is 370 g/mol. The van der Waals surface area contributed by atoms with Crippen molar-refractivity contribution in [2.24, 2.45) is 0 Å². The van der Waals surface area contributed by atoms with Crippen LogP contribution in [0.25, 0.3) is 11.3 Å². The normalized spacial score (nSPS) is 11.1. The van der Waals surface area contributed by atoms with E-state index in [1.54, 1.807) is 30.5 Å². The van der Waals surface area contributed by atoms with Crippen molar-refractivity contribution in [3.05, 3.63) is 77.3 Å². The topological polar surface area (TPSA) is 51.2 Å². The maximum absolute atomic E-state index is 12.2. The Hall–Kier alpha value is -3.06.